The molecule has 4 nitrogen and oxygen atoms in total. The van der Waals surface area contributed by atoms with Crippen LogP contribution in [-0.2, 0) is 0 Å². The molecule has 1 saturated heterocycles. The van der Waals surface area contributed by atoms with E-state index in [4.69, 9.17) is 0 Å². The Kier molecular flexibility index (Phi) is 4.52. The molecule has 0 aliphatic carbocycles. The van der Waals surface area contributed by atoms with E-state index in [9.17, 15) is 9.90 Å². The van der Waals surface area contributed by atoms with E-state index >= 15 is 0 Å². The average molecular weight is 334 g/mol. The van der Waals surface area contributed by atoms with Gasteiger partial charge in [0.1, 0.15) is 10.7 Å². The molecule has 2 heterocycles. The van der Waals surface area contributed by atoms with E-state index in [0.29, 0.717) is 11.4 Å². The number of amides is 1. The highest BCUT2D eigenvalue weighted by Gasteiger charge is 2.32. The summed E-state index contributed by atoms with van der Waals surface area (Å²) in [6.45, 7) is 2.32. The van der Waals surface area contributed by atoms with Crippen molar-refractivity contribution in [1.29, 1.82) is 0 Å². The molecule has 0 bridgehead atoms. The molecule has 0 saturated carbocycles. The molecule has 1 aliphatic rings. The van der Waals surface area contributed by atoms with Crippen molar-refractivity contribution in [1.82, 2.24) is 10.3 Å². The van der Waals surface area contributed by atoms with Crippen LogP contribution in [0.4, 0.5) is 0 Å². The third kappa shape index (κ3) is 3.34. The van der Waals surface area contributed by atoms with Gasteiger partial charge >= 0.3 is 0 Å². The van der Waals surface area contributed by atoms with Crippen LogP contribution in [0.1, 0.15) is 22.5 Å². The fourth-order valence-corrected chi connectivity index (χ4v) is 4.57. The Balaban J connectivity index is 1.68. The largest absolute Gasteiger partial charge is 0.387 e. The number of nitrogens with zero attached hydrogens (tertiary/aromatic N) is 1. The first kappa shape index (κ1) is 15.5. The van der Waals surface area contributed by atoms with Gasteiger partial charge in [-0.15, -0.1) is 11.3 Å². The SMILES string of the molecule is Cc1ccccc1-c1nc(C(=O)NCC2(O)CCSC2)cs1. The summed E-state index contributed by atoms with van der Waals surface area (Å²) in [5, 5.41) is 15.7. The molecule has 3 rings (SSSR count). The Hall–Kier alpha value is -1.37. The molecule has 2 N–H and O–H groups in total. The molecule has 6 heteroatoms. The van der Waals surface area contributed by atoms with Crippen LogP contribution in [0.25, 0.3) is 10.6 Å². The van der Waals surface area contributed by atoms with Crippen molar-refractivity contribution >= 4 is 29.0 Å². The summed E-state index contributed by atoms with van der Waals surface area (Å²) < 4.78 is 0. The smallest absolute Gasteiger partial charge is 0.270 e. The summed E-state index contributed by atoms with van der Waals surface area (Å²) in [6.07, 6.45) is 0.726. The van der Waals surface area contributed by atoms with E-state index in [1.165, 1.54) is 11.3 Å². The van der Waals surface area contributed by atoms with Crippen molar-refractivity contribution in [2.45, 2.75) is 18.9 Å². The van der Waals surface area contributed by atoms with Gasteiger partial charge in [-0.25, -0.2) is 4.98 Å². The lowest BCUT2D eigenvalue weighted by Gasteiger charge is -2.21. The number of rotatable bonds is 4. The molecular weight excluding hydrogens is 316 g/mol. The zero-order chi connectivity index (χ0) is 15.6. The number of aliphatic hydroxyl groups is 1. The van der Waals surface area contributed by atoms with Crippen LogP contribution in [0, 0.1) is 6.92 Å². The highest BCUT2D eigenvalue weighted by molar-refractivity contribution is 7.99. The van der Waals surface area contributed by atoms with Gasteiger partial charge in [0, 0.05) is 23.2 Å². The molecule has 1 unspecified atom stereocenters. The Bertz CT molecular complexity index is 678. The maximum absolute atomic E-state index is 12.2. The number of aromatic nitrogens is 1. The lowest BCUT2D eigenvalue weighted by atomic mass is 10.0. The van der Waals surface area contributed by atoms with Gasteiger partial charge in [-0.2, -0.15) is 11.8 Å². The predicted molar refractivity (Wildman–Crippen MR) is 91.5 cm³/mol. The average Bonchev–Trinajstić information content (AvgIpc) is 3.15. The van der Waals surface area contributed by atoms with Gasteiger partial charge in [-0.1, -0.05) is 24.3 Å². The Morgan fingerprint density at radius 3 is 3.00 bits per heavy atom. The first-order chi connectivity index (χ1) is 10.6. The number of thioether (sulfide) groups is 1. The molecular formula is C16H18N2O2S2. The Morgan fingerprint density at radius 1 is 1.45 bits per heavy atom. The number of hydrogen-bond donors (Lipinski definition) is 2. The van der Waals surface area contributed by atoms with Crippen LogP contribution in [0.5, 0.6) is 0 Å². The number of nitrogens with one attached hydrogen (secondary N) is 1. The molecule has 1 aromatic carbocycles. The fraction of sp³-hybridized carbons (Fsp3) is 0.375. The van der Waals surface area contributed by atoms with Crippen LogP contribution in [-0.4, -0.2) is 39.6 Å². The normalized spacial score (nSPS) is 21.0. The van der Waals surface area contributed by atoms with Gasteiger partial charge in [0.25, 0.3) is 5.91 Å². The molecule has 0 radical (unpaired) electrons. The molecule has 1 fully saturated rings. The van der Waals surface area contributed by atoms with E-state index in [0.717, 1.165) is 28.3 Å². The molecule has 2 aromatic rings. The van der Waals surface area contributed by atoms with Crippen LogP contribution in [0.15, 0.2) is 29.6 Å². The monoisotopic (exact) mass is 334 g/mol. The third-order valence-electron chi connectivity index (χ3n) is 3.77. The highest BCUT2D eigenvalue weighted by Crippen LogP contribution is 2.28. The minimum absolute atomic E-state index is 0.221. The van der Waals surface area contributed by atoms with Crippen molar-refractivity contribution in [2.75, 3.05) is 18.1 Å². The molecule has 1 amide bonds. The fourth-order valence-electron chi connectivity index (χ4n) is 2.39. The van der Waals surface area contributed by atoms with Crippen LogP contribution in [0.3, 0.4) is 0 Å². The van der Waals surface area contributed by atoms with E-state index in [1.54, 1.807) is 17.1 Å². The second-order valence-electron chi connectivity index (χ2n) is 5.56. The number of benzene rings is 1. The van der Waals surface area contributed by atoms with Crippen molar-refractivity contribution in [3.8, 4) is 10.6 Å². The second kappa shape index (κ2) is 6.40. The maximum Gasteiger partial charge on any atom is 0.270 e. The lowest BCUT2D eigenvalue weighted by molar-refractivity contribution is 0.0611. The summed E-state index contributed by atoms with van der Waals surface area (Å²) in [4.78, 5) is 16.6. The number of carbonyl (C=O) groups is 1. The Labute approximate surface area is 138 Å². The molecule has 22 heavy (non-hydrogen) atoms. The number of aryl methyl sites for hydroxylation is 1. The lowest BCUT2D eigenvalue weighted by Crippen LogP contribution is -2.43. The topological polar surface area (TPSA) is 62.2 Å². The van der Waals surface area contributed by atoms with Crippen molar-refractivity contribution in [2.24, 2.45) is 0 Å². The van der Waals surface area contributed by atoms with Gasteiger partial charge in [-0.05, 0) is 24.7 Å². The summed E-state index contributed by atoms with van der Waals surface area (Å²) in [6, 6.07) is 8.00. The van der Waals surface area contributed by atoms with Gasteiger partial charge in [0.2, 0.25) is 0 Å². The summed E-state index contributed by atoms with van der Waals surface area (Å²) >= 11 is 3.18. The van der Waals surface area contributed by atoms with Crippen molar-refractivity contribution < 1.29 is 9.90 Å². The summed E-state index contributed by atoms with van der Waals surface area (Å²) in [7, 11) is 0. The zero-order valence-electron chi connectivity index (χ0n) is 12.3. The quantitative estimate of drug-likeness (QED) is 0.902. The maximum atomic E-state index is 12.2. The molecule has 1 aromatic heterocycles. The first-order valence-corrected chi connectivity index (χ1v) is 9.21. The second-order valence-corrected chi connectivity index (χ2v) is 7.53. The number of carbonyl (C=O) groups excluding carboxylic acids is 1. The van der Waals surface area contributed by atoms with E-state index in [1.807, 2.05) is 31.2 Å². The summed E-state index contributed by atoms with van der Waals surface area (Å²) in [5.74, 6) is 1.40. The van der Waals surface area contributed by atoms with E-state index in [2.05, 4.69) is 10.3 Å². The molecule has 116 valence electrons. The molecule has 1 atom stereocenters. The third-order valence-corrected chi connectivity index (χ3v) is 5.88. The van der Waals surface area contributed by atoms with Gasteiger partial charge in [0.15, 0.2) is 0 Å². The molecule has 1 aliphatic heterocycles. The minimum atomic E-state index is -0.769. The summed E-state index contributed by atoms with van der Waals surface area (Å²) in [5.41, 5.74) is 1.84. The first-order valence-electron chi connectivity index (χ1n) is 7.17. The highest BCUT2D eigenvalue weighted by atomic mass is 32.2. The van der Waals surface area contributed by atoms with E-state index in [-0.39, 0.29) is 12.5 Å². The van der Waals surface area contributed by atoms with Crippen molar-refractivity contribution in [3.05, 3.63) is 40.9 Å². The van der Waals surface area contributed by atoms with Crippen LogP contribution >= 0.6 is 23.1 Å². The minimum Gasteiger partial charge on any atom is -0.387 e. The van der Waals surface area contributed by atoms with Crippen LogP contribution < -0.4 is 5.32 Å². The van der Waals surface area contributed by atoms with Crippen molar-refractivity contribution in [3.63, 3.8) is 0 Å². The van der Waals surface area contributed by atoms with Gasteiger partial charge in [0.05, 0.1) is 5.60 Å². The zero-order valence-corrected chi connectivity index (χ0v) is 14.0. The van der Waals surface area contributed by atoms with Gasteiger partial charge < -0.3 is 10.4 Å². The number of thiazole rings is 1. The standard InChI is InChI=1S/C16H18N2O2S2/c1-11-4-2-3-5-12(11)15-18-13(8-22-15)14(19)17-9-16(20)6-7-21-10-16/h2-5,8,20H,6-7,9-10H2,1H3,(H,17,19). The van der Waals surface area contributed by atoms with E-state index < -0.39 is 5.60 Å². The van der Waals surface area contributed by atoms with Crippen LogP contribution in [0.2, 0.25) is 0 Å². The molecule has 0 spiro atoms. The number of hydrogen-bond acceptors (Lipinski definition) is 5. The Morgan fingerprint density at radius 2 is 2.27 bits per heavy atom. The van der Waals surface area contributed by atoms with Gasteiger partial charge in [-0.3, -0.25) is 4.79 Å². The predicted octanol–water partition coefficient (Wildman–Crippen LogP) is 2.72.